The third-order valence-electron chi connectivity index (χ3n) is 4.11. The van der Waals surface area contributed by atoms with Crippen LogP contribution in [0.4, 0.5) is 0 Å². The van der Waals surface area contributed by atoms with Crippen molar-refractivity contribution in [3.63, 3.8) is 0 Å². The first-order valence-electron chi connectivity index (χ1n) is 7.13. The summed E-state index contributed by atoms with van der Waals surface area (Å²) in [5.41, 5.74) is 1.47. The normalized spacial score (nSPS) is 21.6. The first-order valence-corrected chi connectivity index (χ1v) is 8.55. The van der Waals surface area contributed by atoms with E-state index in [1.807, 2.05) is 11.3 Å². The Labute approximate surface area is 124 Å². The molecule has 2 aromatic rings. The number of rotatable bonds is 3. The number of hydrogen-bond donors (Lipinski definition) is 0. The standard InChI is InChI=1S/C16H20ClNS/c17-10-14-6-2-1-5-9-18(14)11-13-12-19-16-8-4-3-7-15(13)16/h3-4,7-8,12,14H,1-2,5-6,9-11H2. The van der Waals surface area contributed by atoms with E-state index in [4.69, 9.17) is 11.6 Å². The molecule has 0 spiro atoms. The summed E-state index contributed by atoms with van der Waals surface area (Å²) in [4.78, 5) is 2.59. The van der Waals surface area contributed by atoms with Crippen LogP contribution in [0.1, 0.15) is 31.2 Å². The molecule has 1 saturated heterocycles. The molecule has 2 heterocycles. The molecule has 1 unspecified atom stereocenters. The number of hydrogen-bond acceptors (Lipinski definition) is 2. The van der Waals surface area contributed by atoms with Gasteiger partial charge in [0.1, 0.15) is 0 Å². The average Bonchev–Trinajstić information content (AvgIpc) is 2.71. The van der Waals surface area contributed by atoms with Crippen LogP contribution >= 0.6 is 22.9 Å². The van der Waals surface area contributed by atoms with Crippen LogP contribution in [0.15, 0.2) is 29.6 Å². The largest absolute Gasteiger partial charge is 0.295 e. The fourth-order valence-corrected chi connectivity index (χ4v) is 4.30. The van der Waals surface area contributed by atoms with Crippen LogP contribution in [-0.2, 0) is 6.54 Å². The highest BCUT2D eigenvalue weighted by atomic mass is 35.5. The molecule has 1 fully saturated rings. The van der Waals surface area contributed by atoms with E-state index in [9.17, 15) is 0 Å². The minimum absolute atomic E-state index is 0.558. The van der Waals surface area contributed by atoms with E-state index in [0.717, 1.165) is 12.4 Å². The highest BCUT2D eigenvalue weighted by molar-refractivity contribution is 7.17. The van der Waals surface area contributed by atoms with Crippen molar-refractivity contribution in [3.8, 4) is 0 Å². The van der Waals surface area contributed by atoms with Gasteiger partial charge in [0, 0.05) is 23.2 Å². The predicted molar refractivity (Wildman–Crippen MR) is 85.2 cm³/mol. The second-order valence-electron chi connectivity index (χ2n) is 5.39. The van der Waals surface area contributed by atoms with E-state index >= 15 is 0 Å². The van der Waals surface area contributed by atoms with Crippen molar-refractivity contribution >= 4 is 33.0 Å². The quantitative estimate of drug-likeness (QED) is 0.729. The zero-order valence-corrected chi connectivity index (χ0v) is 12.7. The van der Waals surface area contributed by atoms with E-state index in [2.05, 4.69) is 34.5 Å². The highest BCUT2D eigenvalue weighted by Crippen LogP contribution is 2.28. The second kappa shape index (κ2) is 6.25. The zero-order chi connectivity index (χ0) is 13.1. The SMILES string of the molecule is ClCC1CCCCCN1Cc1csc2ccccc12. The van der Waals surface area contributed by atoms with Crippen molar-refractivity contribution in [2.24, 2.45) is 0 Å². The molecule has 1 atom stereocenters. The molecule has 1 aromatic heterocycles. The molecule has 1 aliphatic heterocycles. The van der Waals surface area contributed by atoms with Gasteiger partial charge in [0.05, 0.1) is 0 Å². The number of likely N-dealkylation sites (tertiary alicyclic amines) is 1. The minimum atomic E-state index is 0.558. The number of halogens is 1. The molecule has 0 radical (unpaired) electrons. The van der Waals surface area contributed by atoms with Crippen LogP contribution < -0.4 is 0 Å². The molecule has 0 N–H and O–H groups in total. The summed E-state index contributed by atoms with van der Waals surface area (Å²) in [5, 5.41) is 3.74. The molecule has 0 saturated carbocycles. The molecule has 0 amide bonds. The topological polar surface area (TPSA) is 3.24 Å². The number of alkyl halides is 1. The predicted octanol–water partition coefficient (Wildman–Crippen LogP) is 4.88. The monoisotopic (exact) mass is 293 g/mol. The lowest BCUT2D eigenvalue weighted by atomic mass is 10.1. The fraction of sp³-hybridized carbons (Fsp3) is 0.500. The van der Waals surface area contributed by atoms with Gasteiger partial charge in [-0.1, -0.05) is 31.0 Å². The summed E-state index contributed by atoms with van der Waals surface area (Å²) in [5.74, 6) is 0.766. The van der Waals surface area contributed by atoms with E-state index < -0.39 is 0 Å². The molecule has 19 heavy (non-hydrogen) atoms. The summed E-state index contributed by atoms with van der Waals surface area (Å²) in [6.45, 7) is 2.25. The van der Waals surface area contributed by atoms with Crippen molar-refractivity contribution in [2.45, 2.75) is 38.3 Å². The van der Waals surface area contributed by atoms with E-state index in [-0.39, 0.29) is 0 Å². The Bertz CT molecular complexity index is 536. The average molecular weight is 294 g/mol. The Morgan fingerprint density at radius 3 is 3.00 bits per heavy atom. The smallest absolute Gasteiger partial charge is 0.0379 e. The molecular formula is C16H20ClNS. The molecule has 1 aliphatic rings. The summed E-state index contributed by atoms with van der Waals surface area (Å²) in [7, 11) is 0. The van der Waals surface area contributed by atoms with E-state index in [1.165, 1.54) is 47.9 Å². The van der Waals surface area contributed by atoms with Gasteiger partial charge in [-0.2, -0.15) is 0 Å². The van der Waals surface area contributed by atoms with Gasteiger partial charge in [0.25, 0.3) is 0 Å². The van der Waals surface area contributed by atoms with Crippen LogP contribution in [0.25, 0.3) is 10.1 Å². The van der Waals surface area contributed by atoms with Crippen molar-refractivity contribution in [2.75, 3.05) is 12.4 Å². The third-order valence-corrected chi connectivity index (χ3v) is 5.48. The van der Waals surface area contributed by atoms with Crippen molar-refractivity contribution < 1.29 is 0 Å². The molecule has 0 bridgehead atoms. The van der Waals surface area contributed by atoms with Crippen molar-refractivity contribution in [1.29, 1.82) is 0 Å². The Kier molecular flexibility index (Phi) is 4.42. The number of fused-ring (bicyclic) bond motifs is 1. The third kappa shape index (κ3) is 2.96. The lowest BCUT2D eigenvalue weighted by Crippen LogP contribution is -2.35. The summed E-state index contributed by atoms with van der Waals surface area (Å²) in [6.07, 6.45) is 5.26. The van der Waals surface area contributed by atoms with Crippen molar-refractivity contribution in [3.05, 3.63) is 35.2 Å². The zero-order valence-electron chi connectivity index (χ0n) is 11.1. The van der Waals surface area contributed by atoms with Gasteiger partial charge in [-0.25, -0.2) is 0 Å². The van der Waals surface area contributed by atoms with Crippen LogP contribution in [0.5, 0.6) is 0 Å². The van der Waals surface area contributed by atoms with E-state index in [0.29, 0.717) is 6.04 Å². The lowest BCUT2D eigenvalue weighted by molar-refractivity contribution is 0.208. The Morgan fingerprint density at radius 2 is 2.11 bits per heavy atom. The molecular weight excluding hydrogens is 274 g/mol. The lowest BCUT2D eigenvalue weighted by Gasteiger charge is -2.28. The first-order chi connectivity index (χ1) is 9.38. The van der Waals surface area contributed by atoms with Crippen LogP contribution in [-0.4, -0.2) is 23.4 Å². The van der Waals surface area contributed by atoms with Crippen LogP contribution in [0.2, 0.25) is 0 Å². The molecule has 102 valence electrons. The van der Waals surface area contributed by atoms with Gasteiger partial charge >= 0.3 is 0 Å². The van der Waals surface area contributed by atoms with Crippen molar-refractivity contribution in [1.82, 2.24) is 4.90 Å². The molecule has 3 rings (SSSR count). The molecule has 1 nitrogen and oxygen atoms in total. The maximum atomic E-state index is 6.17. The van der Waals surface area contributed by atoms with Gasteiger partial charge in [-0.3, -0.25) is 4.90 Å². The first kappa shape index (κ1) is 13.4. The van der Waals surface area contributed by atoms with Gasteiger partial charge in [0.15, 0.2) is 0 Å². The summed E-state index contributed by atoms with van der Waals surface area (Å²) >= 11 is 8.02. The Balaban J connectivity index is 1.82. The molecule has 0 aliphatic carbocycles. The molecule has 1 aromatic carbocycles. The van der Waals surface area contributed by atoms with Gasteiger partial charge < -0.3 is 0 Å². The maximum absolute atomic E-state index is 6.17. The second-order valence-corrected chi connectivity index (χ2v) is 6.60. The van der Waals surface area contributed by atoms with Crippen LogP contribution in [0, 0.1) is 0 Å². The Morgan fingerprint density at radius 1 is 1.21 bits per heavy atom. The highest BCUT2D eigenvalue weighted by Gasteiger charge is 2.21. The molecule has 3 heteroatoms. The minimum Gasteiger partial charge on any atom is -0.295 e. The fourth-order valence-electron chi connectivity index (χ4n) is 2.99. The Hall–Kier alpha value is -0.570. The summed E-state index contributed by atoms with van der Waals surface area (Å²) in [6, 6.07) is 9.28. The number of benzene rings is 1. The number of thiophene rings is 1. The summed E-state index contributed by atoms with van der Waals surface area (Å²) < 4.78 is 1.40. The van der Waals surface area contributed by atoms with Gasteiger partial charge in [0.2, 0.25) is 0 Å². The van der Waals surface area contributed by atoms with Crippen LogP contribution in [0.3, 0.4) is 0 Å². The number of nitrogens with zero attached hydrogens (tertiary/aromatic N) is 1. The van der Waals surface area contributed by atoms with E-state index in [1.54, 1.807) is 0 Å². The maximum Gasteiger partial charge on any atom is 0.0379 e. The van der Waals surface area contributed by atoms with Gasteiger partial charge in [-0.05, 0) is 41.8 Å². The van der Waals surface area contributed by atoms with Gasteiger partial charge in [-0.15, -0.1) is 22.9 Å².